The number of fused-ring (bicyclic) bond motifs is 1. The first-order valence-electron chi connectivity index (χ1n) is 5.30. The van der Waals surface area contributed by atoms with Crippen LogP contribution in [-0.2, 0) is 0 Å². The van der Waals surface area contributed by atoms with Crippen LogP contribution in [0.2, 0.25) is 0 Å². The van der Waals surface area contributed by atoms with Crippen molar-refractivity contribution in [1.29, 1.82) is 0 Å². The molecule has 84 valence electrons. The van der Waals surface area contributed by atoms with E-state index in [0.717, 1.165) is 15.7 Å². The van der Waals surface area contributed by atoms with Gasteiger partial charge in [0.1, 0.15) is 0 Å². The highest BCUT2D eigenvalue weighted by Crippen LogP contribution is 2.23. The molecule has 0 spiro atoms. The van der Waals surface area contributed by atoms with Gasteiger partial charge in [-0.25, -0.2) is 9.50 Å². The third-order valence-electron chi connectivity index (χ3n) is 2.77. The van der Waals surface area contributed by atoms with E-state index in [1.165, 1.54) is 11.1 Å². The number of rotatable bonds is 1. The van der Waals surface area contributed by atoms with E-state index in [4.69, 9.17) is 0 Å². The van der Waals surface area contributed by atoms with Crippen molar-refractivity contribution in [2.24, 2.45) is 0 Å². The highest BCUT2D eigenvalue weighted by molar-refractivity contribution is 9.10. The van der Waals surface area contributed by atoms with Crippen molar-refractivity contribution < 1.29 is 0 Å². The predicted molar refractivity (Wildman–Crippen MR) is 70.9 cm³/mol. The number of benzene rings is 1. The Balaban J connectivity index is 2.22. The topological polar surface area (TPSA) is 30.2 Å². The van der Waals surface area contributed by atoms with Crippen LogP contribution in [0.1, 0.15) is 5.56 Å². The first-order valence-corrected chi connectivity index (χ1v) is 6.10. The summed E-state index contributed by atoms with van der Waals surface area (Å²) in [4.78, 5) is 4.41. The van der Waals surface area contributed by atoms with Gasteiger partial charge >= 0.3 is 0 Å². The van der Waals surface area contributed by atoms with Gasteiger partial charge in [-0.3, -0.25) is 0 Å². The van der Waals surface area contributed by atoms with Gasteiger partial charge in [0.25, 0.3) is 0 Å². The molecular formula is C13H10BrN3. The van der Waals surface area contributed by atoms with E-state index in [2.05, 4.69) is 45.1 Å². The van der Waals surface area contributed by atoms with Crippen LogP contribution >= 0.6 is 15.9 Å². The molecule has 0 N–H and O–H groups in total. The molecule has 2 heterocycles. The van der Waals surface area contributed by atoms with Gasteiger partial charge in [-0.2, -0.15) is 5.10 Å². The SMILES string of the molecule is Cc1ccccc1-c1cnc2c(Br)cnn2c1. The second-order valence-corrected chi connectivity index (χ2v) is 4.77. The molecule has 3 nitrogen and oxygen atoms in total. The largest absolute Gasteiger partial charge is 0.235 e. The van der Waals surface area contributed by atoms with Crippen molar-refractivity contribution in [3.05, 3.63) is 52.9 Å². The Bertz CT molecular complexity index is 688. The monoisotopic (exact) mass is 287 g/mol. The molecule has 17 heavy (non-hydrogen) atoms. The number of hydrogen-bond acceptors (Lipinski definition) is 2. The minimum absolute atomic E-state index is 0.835. The molecule has 3 rings (SSSR count). The Labute approximate surface area is 107 Å². The molecule has 4 heteroatoms. The summed E-state index contributed by atoms with van der Waals surface area (Å²) in [7, 11) is 0. The molecule has 0 aliphatic heterocycles. The molecule has 0 amide bonds. The van der Waals surface area contributed by atoms with E-state index in [1.807, 2.05) is 24.5 Å². The van der Waals surface area contributed by atoms with Crippen molar-refractivity contribution in [2.45, 2.75) is 6.92 Å². The van der Waals surface area contributed by atoms with Crippen LogP contribution in [0.3, 0.4) is 0 Å². The average Bonchev–Trinajstić information content (AvgIpc) is 2.71. The fourth-order valence-electron chi connectivity index (χ4n) is 1.88. The lowest BCUT2D eigenvalue weighted by Crippen LogP contribution is -1.92. The predicted octanol–water partition coefficient (Wildman–Crippen LogP) is 3.47. The van der Waals surface area contributed by atoms with E-state index < -0.39 is 0 Å². The highest BCUT2D eigenvalue weighted by atomic mass is 79.9. The number of hydrogen-bond donors (Lipinski definition) is 0. The molecule has 3 aromatic rings. The van der Waals surface area contributed by atoms with Crippen LogP contribution in [-0.4, -0.2) is 14.6 Å². The van der Waals surface area contributed by atoms with E-state index in [1.54, 1.807) is 10.7 Å². The molecule has 1 aromatic carbocycles. The maximum absolute atomic E-state index is 4.41. The standard InChI is InChI=1S/C13H10BrN3/c1-9-4-2-3-5-11(9)10-6-15-13-12(14)7-16-17(13)8-10/h2-8H,1H3. The number of nitrogens with zero attached hydrogens (tertiary/aromatic N) is 3. The molecule has 0 saturated carbocycles. The maximum atomic E-state index is 4.41. The molecule has 0 aliphatic rings. The lowest BCUT2D eigenvalue weighted by molar-refractivity contribution is 0.941. The zero-order valence-electron chi connectivity index (χ0n) is 9.26. The van der Waals surface area contributed by atoms with Gasteiger partial charge < -0.3 is 0 Å². The normalized spacial score (nSPS) is 10.9. The summed E-state index contributed by atoms with van der Waals surface area (Å²) in [6.07, 6.45) is 5.63. The zero-order valence-corrected chi connectivity index (χ0v) is 10.8. The Morgan fingerprint density at radius 1 is 1.18 bits per heavy atom. The van der Waals surface area contributed by atoms with Gasteiger partial charge in [-0.15, -0.1) is 0 Å². The second kappa shape index (κ2) is 3.96. The minimum atomic E-state index is 0.835. The van der Waals surface area contributed by atoms with Crippen LogP contribution < -0.4 is 0 Å². The van der Waals surface area contributed by atoms with Crippen molar-refractivity contribution in [3.63, 3.8) is 0 Å². The lowest BCUT2D eigenvalue weighted by Gasteiger charge is -2.05. The van der Waals surface area contributed by atoms with Crippen molar-refractivity contribution in [3.8, 4) is 11.1 Å². The summed E-state index contributed by atoms with van der Waals surface area (Å²) in [6, 6.07) is 8.26. The molecule has 2 aromatic heterocycles. The van der Waals surface area contributed by atoms with E-state index in [0.29, 0.717) is 0 Å². The molecule has 0 saturated heterocycles. The minimum Gasteiger partial charge on any atom is -0.235 e. The first-order chi connectivity index (χ1) is 8.25. The fraction of sp³-hybridized carbons (Fsp3) is 0.0769. The van der Waals surface area contributed by atoms with Crippen LogP contribution in [0.15, 0.2) is 47.3 Å². The summed E-state index contributed by atoms with van der Waals surface area (Å²) >= 11 is 3.42. The van der Waals surface area contributed by atoms with Gasteiger partial charge in [0.2, 0.25) is 0 Å². The molecule has 0 aliphatic carbocycles. The molecular weight excluding hydrogens is 278 g/mol. The molecule has 0 fully saturated rings. The zero-order chi connectivity index (χ0) is 11.8. The molecule has 0 bridgehead atoms. The number of halogens is 1. The summed E-state index contributed by atoms with van der Waals surface area (Å²) < 4.78 is 2.69. The Morgan fingerprint density at radius 3 is 2.82 bits per heavy atom. The highest BCUT2D eigenvalue weighted by Gasteiger charge is 2.06. The molecule has 0 radical (unpaired) electrons. The van der Waals surface area contributed by atoms with E-state index in [-0.39, 0.29) is 0 Å². The van der Waals surface area contributed by atoms with Crippen LogP contribution in [0.25, 0.3) is 16.8 Å². The molecule has 0 unspecified atom stereocenters. The van der Waals surface area contributed by atoms with Crippen LogP contribution in [0.5, 0.6) is 0 Å². The fourth-order valence-corrected chi connectivity index (χ4v) is 2.26. The van der Waals surface area contributed by atoms with Crippen LogP contribution in [0, 0.1) is 6.92 Å². The number of aromatic nitrogens is 3. The van der Waals surface area contributed by atoms with Crippen molar-refractivity contribution >= 4 is 21.6 Å². The van der Waals surface area contributed by atoms with Gasteiger partial charge in [-0.1, -0.05) is 24.3 Å². The van der Waals surface area contributed by atoms with Gasteiger partial charge in [-0.05, 0) is 34.0 Å². The third kappa shape index (κ3) is 1.74. The van der Waals surface area contributed by atoms with Gasteiger partial charge in [0.05, 0.1) is 10.7 Å². The van der Waals surface area contributed by atoms with Crippen LogP contribution in [0.4, 0.5) is 0 Å². The number of aryl methyl sites for hydroxylation is 1. The smallest absolute Gasteiger partial charge is 0.169 e. The Kier molecular flexibility index (Phi) is 2.44. The average molecular weight is 288 g/mol. The lowest BCUT2D eigenvalue weighted by atomic mass is 10.0. The molecule has 0 atom stereocenters. The quantitative estimate of drug-likeness (QED) is 0.686. The Hall–Kier alpha value is -1.68. The summed E-state index contributed by atoms with van der Waals surface area (Å²) in [5.74, 6) is 0. The summed E-state index contributed by atoms with van der Waals surface area (Å²) in [5, 5.41) is 4.24. The maximum Gasteiger partial charge on any atom is 0.169 e. The Morgan fingerprint density at radius 2 is 2.00 bits per heavy atom. The third-order valence-corrected chi connectivity index (χ3v) is 3.33. The van der Waals surface area contributed by atoms with Crippen molar-refractivity contribution in [2.75, 3.05) is 0 Å². The first kappa shape index (κ1) is 10.5. The van der Waals surface area contributed by atoms with E-state index in [9.17, 15) is 0 Å². The second-order valence-electron chi connectivity index (χ2n) is 3.92. The van der Waals surface area contributed by atoms with Crippen molar-refractivity contribution in [1.82, 2.24) is 14.6 Å². The van der Waals surface area contributed by atoms with E-state index >= 15 is 0 Å². The summed E-state index contributed by atoms with van der Waals surface area (Å²) in [6.45, 7) is 2.10. The van der Waals surface area contributed by atoms with Gasteiger partial charge in [0, 0.05) is 18.0 Å². The van der Waals surface area contributed by atoms with Gasteiger partial charge in [0.15, 0.2) is 5.65 Å². The summed E-state index contributed by atoms with van der Waals surface area (Å²) in [5.41, 5.74) is 4.34.